The quantitative estimate of drug-likeness (QED) is 0.728. The summed E-state index contributed by atoms with van der Waals surface area (Å²) in [5, 5.41) is 0. The molecule has 0 fully saturated rings. The van der Waals surface area contributed by atoms with Crippen molar-refractivity contribution in [1.82, 2.24) is 9.38 Å². The Kier molecular flexibility index (Phi) is 1.96. The number of rotatable bonds is 0. The number of nitrogens with zero attached hydrogens (tertiary/aromatic N) is 2. The number of aryl methyl sites for hydroxylation is 1. The number of hydrogen-bond donors (Lipinski definition) is 0. The number of imidazole rings is 1. The van der Waals surface area contributed by atoms with E-state index in [0.717, 1.165) is 20.2 Å². The maximum absolute atomic E-state index is 4.08. The van der Waals surface area contributed by atoms with Crippen LogP contribution in [0.2, 0.25) is 0 Å². The first-order valence-electron chi connectivity index (χ1n) is 3.47. The monoisotopic (exact) mass is 288 g/mol. The first-order chi connectivity index (χ1) is 5.70. The van der Waals surface area contributed by atoms with Crippen LogP contribution in [0.1, 0.15) is 5.69 Å². The van der Waals surface area contributed by atoms with E-state index < -0.39 is 0 Å². The van der Waals surface area contributed by atoms with Gasteiger partial charge in [-0.3, -0.25) is 0 Å². The average Bonchev–Trinajstić information content (AvgIpc) is 2.48. The standard InChI is InChI=1S/C8H6Br2N2/c1-5-6(9)2-7(10)8-3-11-4-12(5)8/h2-4H,1H3. The summed E-state index contributed by atoms with van der Waals surface area (Å²) < 4.78 is 4.17. The summed E-state index contributed by atoms with van der Waals surface area (Å²) in [4.78, 5) is 4.08. The molecule has 0 aliphatic heterocycles. The van der Waals surface area contributed by atoms with Crippen molar-refractivity contribution in [3.63, 3.8) is 0 Å². The second-order valence-corrected chi connectivity index (χ2v) is 4.28. The molecular weight excluding hydrogens is 284 g/mol. The first-order valence-corrected chi connectivity index (χ1v) is 5.05. The van der Waals surface area contributed by atoms with Gasteiger partial charge in [0.15, 0.2) is 0 Å². The first kappa shape index (κ1) is 8.26. The number of fused-ring (bicyclic) bond motifs is 1. The largest absolute Gasteiger partial charge is 0.301 e. The Bertz CT molecular complexity index is 434. The van der Waals surface area contributed by atoms with Gasteiger partial charge in [-0.15, -0.1) is 0 Å². The molecule has 0 atom stereocenters. The van der Waals surface area contributed by atoms with Gasteiger partial charge in [-0.05, 0) is 44.8 Å². The third kappa shape index (κ3) is 1.10. The predicted octanol–water partition coefficient (Wildman–Crippen LogP) is 3.17. The number of pyridine rings is 1. The van der Waals surface area contributed by atoms with Gasteiger partial charge < -0.3 is 4.40 Å². The summed E-state index contributed by atoms with van der Waals surface area (Å²) in [5.74, 6) is 0. The van der Waals surface area contributed by atoms with Crippen LogP contribution >= 0.6 is 31.9 Å². The van der Waals surface area contributed by atoms with Crippen LogP contribution in [-0.4, -0.2) is 9.38 Å². The molecule has 0 radical (unpaired) electrons. The number of hydrogen-bond acceptors (Lipinski definition) is 1. The molecule has 2 heterocycles. The molecule has 0 unspecified atom stereocenters. The zero-order valence-electron chi connectivity index (χ0n) is 6.38. The maximum Gasteiger partial charge on any atom is 0.0994 e. The predicted molar refractivity (Wildman–Crippen MR) is 55.3 cm³/mol. The molecule has 12 heavy (non-hydrogen) atoms. The van der Waals surface area contributed by atoms with Crippen molar-refractivity contribution in [2.75, 3.05) is 0 Å². The highest BCUT2D eigenvalue weighted by Crippen LogP contribution is 2.25. The fourth-order valence-electron chi connectivity index (χ4n) is 1.14. The summed E-state index contributed by atoms with van der Waals surface area (Å²) in [6.45, 7) is 2.05. The Morgan fingerprint density at radius 1 is 1.33 bits per heavy atom. The molecule has 2 nitrogen and oxygen atoms in total. The van der Waals surface area contributed by atoms with Crippen molar-refractivity contribution in [2.24, 2.45) is 0 Å². The van der Waals surface area contributed by atoms with E-state index in [-0.39, 0.29) is 0 Å². The minimum Gasteiger partial charge on any atom is -0.301 e. The van der Waals surface area contributed by atoms with Gasteiger partial charge in [0.05, 0.1) is 18.0 Å². The average molecular weight is 290 g/mol. The number of aromatic nitrogens is 2. The van der Waals surface area contributed by atoms with Gasteiger partial charge in [-0.25, -0.2) is 4.98 Å². The Labute approximate surface area is 86.9 Å². The van der Waals surface area contributed by atoms with Crippen LogP contribution in [0, 0.1) is 6.92 Å². The van der Waals surface area contributed by atoms with Crippen molar-refractivity contribution in [2.45, 2.75) is 6.92 Å². The Morgan fingerprint density at radius 3 is 2.83 bits per heavy atom. The smallest absolute Gasteiger partial charge is 0.0994 e. The summed E-state index contributed by atoms with van der Waals surface area (Å²) in [6.07, 6.45) is 3.64. The summed E-state index contributed by atoms with van der Waals surface area (Å²) in [7, 11) is 0. The lowest BCUT2D eigenvalue weighted by molar-refractivity contribution is 1.06. The van der Waals surface area contributed by atoms with Crippen molar-refractivity contribution < 1.29 is 0 Å². The molecule has 0 aromatic carbocycles. The molecule has 0 spiro atoms. The molecule has 0 aliphatic carbocycles. The highest BCUT2D eigenvalue weighted by molar-refractivity contribution is 9.11. The van der Waals surface area contributed by atoms with Crippen LogP contribution in [-0.2, 0) is 0 Å². The highest BCUT2D eigenvalue weighted by Gasteiger charge is 2.04. The van der Waals surface area contributed by atoms with Gasteiger partial charge in [0.25, 0.3) is 0 Å². The summed E-state index contributed by atoms with van der Waals surface area (Å²) in [6, 6.07) is 2.03. The lowest BCUT2D eigenvalue weighted by Crippen LogP contribution is -1.90. The van der Waals surface area contributed by atoms with Crippen molar-refractivity contribution >= 4 is 37.4 Å². The lowest BCUT2D eigenvalue weighted by Gasteiger charge is -2.03. The molecule has 0 saturated carbocycles. The van der Waals surface area contributed by atoms with Crippen molar-refractivity contribution in [3.8, 4) is 0 Å². The van der Waals surface area contributed by atoms with E-state index in [1.54, 1.807) is 6.33 Å². The van der Waals surface area contributed by atoms with Gasteiger partial charge in [0.2, 0.25) is 0 Å². The number of halogens is 2. The van der Waals surface area contributed by atoms with Gasteiger partial charge in [0, 0.05) is 14.6 Å². The van der Waals surface area contributed by atoms with E-state index >= 15 is 0 Å². The van der Waals surface area contributed by atoms with Gasteiger partial charge in [-0.2, -0.15) is 0 Å². The van der Waals surface area contributed by atoms with Gasteiger partial charge in [-0.1, -0.05) is 0 Å². The minimum atomic E-state index is 1.05. The van der Waals surface area contributed by atoms with E-state index in [1.807, 2.05) is 23.6 Å². The van der Waals surface area contributed by atoms with Crippen LogP contribution in [0.4, 0.5) is 0 Å². The third-order valence-electron chi connectivity index (χ3n) is 1.84. The van der Waals surface area contributed by atoms with Gasteiger partial charge in [0.1, 0.15) is 0 Å². The fourth-order valence-corrected chi connectivity index (χ4v) is 2.39. The summed E-state index contributed by atoms with van der Waals surface area (Å²) in [5.41, 5.74) is 2.25. The van der Waals surface area contributed by atoms with E-state index in [0.29, 0.717) is 0 Å². The maximum atomic E-state index is 4.08. The van der Waals surface area contributed by atoms with E-state index in [1.165, 1.54) is 0 Å². The molecule has 0 aliphatic rings. The van der Waals surface area contributed by atoms with Crippen LogP contribution in [0.3, 0.4) is 0 Å². The van der Waals surface area contributed by atoms with Crippen LogP contribution in [0.15, 0.2) is 27.5 Å². The second kappa shape index (κ2) is 2.85. The fraction of sp³-hybridized carbons (Fsp3) is 0.125. The molecule has 0 bridgehead atoms. The molecule has 62 valence electrons. The Morgan fingerprint density at radius 2 is 2.08 bits per heavy atom. The van der Waals surface area contributed by atoms with Crippen LogP contribution < -0.4 is 0 Å². The molecule has 0 N–H and O–H groups in total. The Balaban J connectivity index is 2.97. The minimum absolute atomic E-state index is 1.05. The molecule has 2 aromatic heterocycles. The van der Waals surface area contributed by atoms with Gasteiger partial charge >= 0.3 is 0 Å². The molecule has 0 saturated heterocycles. The molecule has 0 amide bonds. The third-order valence-corrected chi connectivity index (χ3v) is 3.28. The van der Waals surface area contributed by atoms with Crippen LogP contribution in [0.5, 0.6) is 0 Å². The van der Waals surface area contributed by atoms with Crippen molar-refractivity contribution in [3.05, 3.63) is 33.2 Å². The SMILES string of the molecule is Cc1c(Br)cc(Br)c2cncn12. The zero-order valence-corrected chi connectivity index (χ0v) is 9.55. The normalized spacial score (nSPS) is 10.9. The lowest BCUT2D eigenvalue weighted by atomic mass is 10.3. The molecule has 2 aromatic rings. The molecular formula is C8H6Br2N2. The Hall–Kier alpha value is -0.350. The molecule has 2 rings (SSSR count). The van der Waals surface area contributed by atoms with E-state index in [4.69, 9.17) is 0 Å². The topological polar surface area (TPSA) is 17.3 Å². The van der Waals surface area contributed by atoms with Crippen LogP contribution in [0.25, 0.3) is 5.52 Å². The van der Waals surface area contributed by atoms with E-state index in [2.05, 4.69) is 36.8 Å². The van der Waals surface area contributed by atoms with Crippen molar-refractivity contribution in [1.29, 1.82) is 0 Å². The zero-order chi connectivity index (χ0) is 8.72. The molecule has 4 heteroatoms. The summed E-state index contributed by atoms with van der Waals surface area (Å²) >= 11 is 6.94. The van der Waals surface area contributed by atoms with E-state index in [9.17, 15) is 0 Å². The highest BCUT2D eigenvalue weighted by atomic mass is 79.9. The second-order valence-electron chi connectivity index (χ2n) is 2.57.